The monoisotopic (exact) mass is 1010 g/mol. The third kappa shape index (κ3) is 30.3. The van der Waals surface area contributed by atoms with E-state index >= 15 is 0 Å². The summed E-state index contributed by atoms with van der Waals surface area (Å²) in [4.78, 5) is 0. The molecule has 404 valence electrons. The van der Waals surface area contributed by atoms with Crippen LogP contribution in [0.1, 0.15) is 324 Å². The van der Waals surface area contributed by atoms with Crippen molar-refractivity contribution in [2.45, 2.75) is 319 Å². The molecule has 3 heteroatoms. The Bertz CT molecular complexity index is 1520. The number of allylic oxidation sites excluding steroid dienone is 2. The first kappa shape index (κ1) is 68.0. The number of hydrogen-bond acceptors (Lipinski definition) is 0. The normalized spacial score (nSPS) is 12.2. The first-order valence-corrected chi connectivity index (χ1v) is 30.4. The van der Waals surface area contributed by atoms with Crippen molar-refractivity contribution in [3.05, 3.63) is 99.8 Å². The fraction of sp³-hybridized carbons (Fsp3) is 0.731. The maximum Gasteiger partial charge on any atom is 2.00 e. The third-order valence-electron chi connectivity index (χ3n) is 15.0. The van der Waals surface area contributed by atoms with Crippen LogP contribution in [0.15, 0.2) is 35.9 Å². The fourth-order valence-corrected chi connectivity index (χ4v) is 10.0. The van der Waals surface area contributed by atoms with E-state index in [1.54, 1.807) is 5.56 Å². The average Bonchev–Trinajstić information content (AvgIpc) is 3.70. The van der Waals surface area contributed by atoms with Gasteiger partial charge < -0.3 is 19.4 Å². The molecule has 0 spiro atoms. The molecule has 0 aliphatic carbocycles. The zero-order valence-corrected chi connectivity index (χ0v) is 49.3. The van der Waals surface area contributed by atoms with Crippen LogP contribution >= 0.6 is 0 Å². The molecule has 0 bridgehead atoms. The van der Waals surface area contributed by atoms with Crippen molar-refractivity contribution >= 4 is 11.4 Å². The van der Waals surface area contributed by atoms with E-state index in [9.17, 15) is 5.53 Å². The zero-order valence-electron chi connectivity index (χ0n) is 48.3. The van der Waals surface area contributed by atoms with E-state index in [0.717, 1.165) is 54.6 Å². The summed E-state index contributed by atoms with van der Waals surface area (Å²) in [5.41, 5.74) is 25.3. The van der Waals surface area contributed by atoms with Crippen molar-refractivity contribution in [3.8, 4) is 0 Å². The number of hydrogen-bond donors (Lipinski definition) is 0. The number of unbranched alkanes of at least 4 members (excludes halogenated alkanes) is 31. The van der Waals surface area contributed by atoms with Gasteiger partial charge in [-0.1, -0.05) is 241 Å². The molecule has 0 saturated heterocycles. The van der Waals surface area contributed by atoms with E-state index in [0.29, 0.717) is 0 Å². The van der Waals surface area contributed by atoms with Gasteiger partial charge in [0, 0.05) is 22.8 Å². The van der Waals surface area contributed by atoms with Gasteiger partial charge in [-0.15, -0.1) is 0 Å². The second-order valence-corrected chi connectivity index (χ2v) is 21.3. The van der Waals surface area contributed by atoms with E-state index in [2.05, 4.69) is 107 Å². The molecule has 0 fully saturated rings. The van der Waals surface area contributed by atoms with Crippen molar-refractivity contribution in [3.63, 3.8) is 0 Å². The van der Waals surface area contributed by atoms with Crippen LogP contribution in [-0.4, -0.2) is 4.70 Å². The average molecular weight is 1010 g/mol. The molecule has 70 heavy (non-hydrogen) atoms. The molecule has 1 heterocycles. The molecule has 1 aliphatic rings. The summed E-state index contributed by atoms with van der Waals surface area (Å²) < 4.78 is 1.47. The van der Waals surface area contributed by atoms with E-state index in [1.807, 2.05) is 0 Å². The largest absolute Gasteiger partial charge is 2.00 e. The van der Waals surface area contributed by atoms with Crippen LogP contribution < -0.4 is 0 Å². The summed E-state index contributed by atoms with van der Waals surface area (Å²) in [5.74, 6) is 0. The SMILES string of the molecule is CCCCc1cc(C2=CC(CC)=C(c3cc(C)c(C)c(C)c3)[N+]2=[N-])cc(CCCC)c1CCCC.[CH2-]CCCCCCCCCCCCCCCC.[CH2-]CCCCCCCCCCCCCCCC.[Ni+2]. The number of rotatable bonds is 40. The minimum absolute atomic E-state index is 0. The van der Waals surface area contributed by atoms with Crippen LogP contribution in [0.4, 0.5) is 0 Å². The predicted octanol–water partition coefficient (Wildman–Crippen LogP) is 23.2. The first-order valence-electron chi connectivity index (χ1n) is 30.4. The quantitative estimate of drug-likeness (QED) is 0.0275. The Kier molecular flexibility index (Phi) is 45.4. The maximum absolute atomic E-state index is 11.6. The predicted molar refractivity (Wildman–Crippen MR) is 312 cm³/mol. The molecule has 0 saturated carbocycles. The topological polar surface area (TPSA) is 25.3 Å². The standard InChI is InChI=1S/C33H46N2.2C17H35.Ni/c1-8-12-15-27-20-29(21-28(16-13-9-2)31(27)17-14-10-3)32-22-26(11-4)33(35(32)34)30-18-23(5)25(7)24(6)19-30;2*1-3-5-7-9-11-13-15-17-16-14-12-10-8-6-4-2;/h18-22H,8-17H2,1-7H3;2*1,3-17H2,2H3;/q;2*-1;+2. The molecule has 2 aromatic rings. The minimum Gasteiger partial charge on any atom is -0.493 e. The summed E-state index contributed by atoms with van der Waals surface area (Å²) in [5, 5.41) is 0. The zero-order chi connectivity index (χ0) is 50.7. The number of benzene rings is 2. The van der Waals surface area contributed by atoms with Crippen LogP contribution in [0.2, 0.25) is 0 Å². The second-order valence-electron chi connectivity index (χ2n) is 21.3. The van der Waals surface area contributed by atoms with Crippen LogP contribution in [-0.2, 0) is 35.8 Å². The van der Waals surface area contributed by atoms with Gasteiger partial charge >= 0.3 is 16.5 Å². The van der Waals surface area contributed by atoms with Gasteiger partial charge in [0.2, 0.25) is 11.4 Å². The molecule has 3 rings (SSSR count). The Labute approximate surface area is 449 Å². The molecule has 0 radical (unpaired) electrons. The number of aryl methyl sites for hydroxylation is 4. The Balaban J connectivity index is 0.00000115. The molecule has 2 aromatic carbocycles. The number of nitrogens with zero attached hydrogens (tertiary/aromatic N) is 2. The Hall–Kier alpha value is -1.99. The second kappa shape index (κ2) is 46.8. The van der Waals surface area contributed by atoms with Crippen LogP contribution in [0.25, 0.3) is 16.9 Å². The van der Waals surface area contributed by atoms with Crippen molar-refractivity contribution in [2.24, 2.45) is 0 Å². The van der Waals surface area contributed by atoms with Crippen molar-refractivity contribution in [2.75, 3.05) is 0 Å². The van der Waals surface area contributed by atoms with Crippen molar-refractivity contribution in [1.29, 1.82) is 0 Å². The van der Waals surface area contributed by atoms with Crippen LogP contribution in [0, 0.1) is 34.6 Å². The Morgan fingerprint density at radius 2 is 0.714 bits per heavy atom. The molecular formula is C67H116N2Ni. The van der Waals surface area contributed by atoms with Crippen molar-refractivity contribution < 1.29 is 21.2 Å². The first-order chi connectivity index (χ1) is 33.7. The summed E-state index contributed by atoms with van der Waals surface area (Å²) in [6, 6.07) is 9.21. The summed E-state index contributed by atoms with van der Waals surface area (Å²) in [7, 11) is 0. The Morgan fingerprint density at radius 1 is 0.400 bits per heavy atom. The van der Waals surface area contributed by atoms with Crippen molar-refractivity contribution in [1.82, 2.24) is 0 Å². The summed E-state index contributed by atoms with van der Waals surface area (Å²) in [6.45, 7) is 27.9. The van der Waals surface area contributed by atoms with E-state index < -0.39 is 0 Å². The smallest absolute Gasteiger partial charge is 0.493 e. The van der Waals surface area contributed by atoms with Gasteiger partial charge in [-0.3, -0.25) is 0 Å². The third-order valence-corrected chi connectivity index (χ3v) is 15.0. The van der Waals surface area contributed by atoms with Gasteiger partial charge in [0.25, 0.3) is 0 Å². The fourth-order valence-electron chi connectivity index (χ4n) is 10.0. The van der Waals surface area contributed by atoms with Gasteiger partial charge in [-0.25, -0.2) is 4.70 Å². The maximum atomic E-state index is 11.6. The minimum atomic E-state index is 0. The van der Waals surface area contributed by atoms with Gasteiger partial charge in [-0.05, 0) is 123 Å². The molecule has 0 N–H and O–H groups in total. The summed E-state index contributed by atoms with van der Waals surface area (Å²) >= 11 is 0. The van der Waals surface area contributed by atoms with Gasteiger partial charge in [-0.2, -0.15) is 12.8 Å². The van der Waals surface area contributed by atoms with Gasteiger partial charge in [0.1, 0.15) is 0 Å². The Morgan fingerprint density at radius 3 is 1.03 bits per heavy atom. The molecule has 0 amide bonds. The molecule has 2 nitrogen and oxygen atoms in total. The summed E-state index contributed by atoms with van der Waals surface area (Å²) in [6.07, 6.45) is 56.5. The van der Waals surface area contributed by atoms with Crippen LogP contribution in [0.3, 0.4) is 0 Å². The van der Waals surface area contributed by atoms with Crippen LogP contribution in [0.5, 0.6) is 0 Å². The van der Waals surface area contributed by atoms with E-state index in [1.165, 1.54) is 263 Å². The molecular weight excluding hydrogens is 891 g/mol. The van der Waals surface area contributed by atoms with E-state index in [4.69, 9.17) is 0 Å². The van der Waals surface area contributed by atoms with Gasteiger partial charge in [0.05, 0.1) is 0 Å². The molecule has 1 aliphatic heterocycles. The molecule has 0 unspecified atom stereocenters. The molecule has 0 aromatic heterocycles. The van der Waals surface area contributed by atoms with E-state index in [-0.39, 0.29) is 16.5 Å². The van der Waals surface area contributed by atoms with Gasteiger partial charge in [0.15, 0.2) is 0 Å². The molecule has 0 atom stereocenters.